The van der Waals surface area contributed by atoms with E-state index in [-0.39, 0.29) is 17.8 Å². The van der Waals surface area contributed by atoms with E-state index in [4.69, 9.17) is 0 Å². The first-order valence-electron chi connectivity index (χ1n) is 9.33. The van der Waals surface area contributed by atoms with E-state index in [0.29, 0.717) is 30.3 Å². The standard InChI is InChI=1S/C20H20BrFN6O/c1-27-12-17(13-4-6-15(22)7-5-13)18(26-27)19(29)28-8-2-3-16(28)11-25-20-23-9-14(21)10-24-20/h4-7,9-10,12,16H,2-3,8,11H2,1H3,(H,23,24,25). The van der Waals surface area contributed by atoms with Crippen molar-refractivity contribution in [1.82, 2.24) is 24.6 Å². The molecule has 0 bridgehead atoms. The maximum atomic E-state index is 13.3. The highest BCUT2D eigenvalue weighted by atomic mass is 79.9. The molecule has 29 heavy (non-hydrogen) atoms. The fourth-order valence-electron chi connectivity index (χ4n) is 3.55. The molecule has 1 aliphatic rings. The second-order valence-electron chi connectivity index (χ2n) is 6.97. The molecule has 1 saturated heterocycles. The second-order valence-corrected chi connectivity index (χ2v) is 7.89. The van der Waals surface area contributed by atoms with Gasteiger partial charge in [-0.2, -0.15) is 5.10 Å². The van der Waals surface area contributed by atoms with Crippen molar-refractivity contribution in [2.45, 2.75) is 18.9 Å². The highest BCUT2D eigenvalue weighted by Crippen LogP contribution is 2.27. The van der Waals surface area contributed by atoms with Crippen LogP contribution in [-0.2, 0) is 7.05 Å². The van der Waals surface area contributed by atoms with E-state index < -0.39 is 0 Å². The molecular formula is C20H20BrFN6O. The molecule has 1 aliphatic heterocycles. The first-order chi connectivity index (χ1) is 14.0. The molecule has 0 aliphatic carbocycles. The van der Waals surface area contributed by atoms with Crippen molar-refractivity contribution in [1.29, 1.82) is 0 Å². The molecule has 1 amide bonds. The van der Waals surface area contributed by atoms with E-state index in [1.165, 1.54) is 12.1 Å². The van der Waals surface area contributed by atoms with Crippen molar-refractivity contribution in [3.8, 4) is 11.1 Å². The molecule has 2 aromatic heterocycles. The van der Waals surface area contributed by atoms with Crippen LogP contribution in [-0.4, -0.2) is 49.7 Å². The number of carbonyl (C=O) groups is 1. The average molecular weight is 459 g/mol. The van der Waals surface area contributed by atoms with Gasteiger partial charge in [0.05, 0.1) is 4.47 Å². The SMILES string of the molecule is Cn1cc(-c2ccc(F)cc2)c(C(=O)N2CCCC2CNc2ncc(Br)cn2)n1. The summed E-state index contributed by atoms with van der Waals surface area (Å²) < 4.78 is 15.7. The van der Waals surface area contributed by atoms with Crippen molar-refractivity contribution in [3.05, 3.63) is 58.8 Å². The van der Waals surface area contributed by atoms with E-state index in [1.54, 1.807) is 42.5 Å². The molecule has 4 rings (SSSR count). The molecule has 1 aromatic carbocycles. The molecular weight excluding hydrogens is 439 g/mol. The minimum Gasteiger partial charge on any atom is -0.352 e. The molecule has 1 unspecified atom stereocenters. The number of benzene rings is 1. The van der Waals surface area contributed by atoms with Gasteiger partial charge in [-0.3, -0.25) is 9.48 Å². The number of likely N-dealkylation sites (tertiary alicyclic amines) is 1. The number of anilines is 1. The monoisotopic (exact) mass is 458 g/mol. The van der Waals surface area contributed by atoms with E-state index in [0.717, 1.165) is 22.9 Å². The van der Waals surface area contributed by atoms with Gasteiger partial charge in [-0.15, -0.1) is 0 Å². The van der Waals surface area contributed by atoms with Crippen LogP contribution in [0.3, 0.4) is 0 Å². The van der Waals surface area contributed by atoms with Gasteiger partial charge in [0.15, 0.2) is 5.69 Å². The van der Waals surface area contributed by atoms with Crippen molar-refractivity contribution < 1.29 is 9.18 Å². The molecule has 0 spiro atoms. The van der Waals surface area contributed by atoms with E-state index in [2.05, 4.69) is 36.3 Å². The van der Waals surface area contributed by atoms with Gasteiger partial charge >= 0.3 is 0 Å². The predicted molar refractivity (Wildman–Crippen MR) is 111 cm³/mol. The number of aryl methyl sites for hydroxylation is 1. The molecule has 3 heterocycles. The maximum absolute atomic E-state index is 13.3. The van der Waals surface area contributed by atoms with Gasteiger partial charge in [-0.25, -0.2) is 14.4 Å². The summed E-state index contributed by atoms with van der Waals surface area (Å²) in [5.74, 6) is 0.0923. The molecule has 1 N–H and O–H groups in total. The minimum absolute atomic E-state index is 0.0258. The molecule has 1 fully saturated rings. The Morgan fingerprint density at radius 1 is 1.28 bits per heavy atom. The molecule has 1 atom stereocenters. The van der Waals surface area contributed by atoms with Crippen LogP contribution in [0.15, 0.2) is 47.3 Å². The maximum Gasteiger partial charge on any atom is 0.275 e. The number of carbonyl (C=O) groups excluding carboxylic acids is 1. The predicted octanol–water partition coefficient (Wildman–Crippen LogP) is 3.50. The number of rotatable bonds is 5. The Morgan fingerprint density at radius 3 is 2.72 bits per heavy atom. The Morgan fingerprint density at radius 2 is 2.00 bits per heavy atom. The summed E-state index contributed by atoms with van der Waals surface area (Å²) in [6.45, 7) is 1.23. The summed E-state index contributed by atoms with van der Waals surface area (Å²) in [6.07, 6.45) is 6.97. The average Bonchev–Trinajstić information content (AvgIpc) is 3.34. The van der Waals surface area contributed by atoms with E-state index in [1.807, 2.05) is 4.90 Å². The highest BCUT2D eigenvalue weighted by Gasteiger charge is 2.32. The Bertz CT molecular complexity index is 1000. The summed E-state index contributed by atoms with van der Waals surface area (Å²) in [7, 11) is 1.78. The van der Waals surface area contributed by atoms with Crippen molar-refractivity contribution in [2.75, 3.05) is 18.4 Å². The lowest BCUT2D eigenvalue weighted by Gasteiger charge is -2.24. The van der Waals surface area contributed by atoms with Crippen molar-refractivity contribution in [3.63, 3.8) is 0 Å². The third-order valence-electron chi connectivity index (χ3n) is 4.94. The van der Waals surface area contributed by atoms with Crippen LogP contribution in [0.5, 0.6) is 0 Å². The summed E-state index contributed by atoms with van der Waals surface area (Å²) in [5.41, 5.74) is 1.85. The normalized spacial score (nSPS) is 16.2. The van der Waals surface area contributed by atoms with Gasteiger partial charge in [0.25, 0.3) is 5.91 Å². The van der Waals surface area contributed by atoms with E-state index >= 15 is 0 Å². The summed E-state index contributed by atoms with van der Waals surface area (Å²) in [4.78, 5) is 23.6. The summed E-state index contributed by atoms with van der Waals surface area (Å²) in [6, 6.07) is 6.13. The Labute approximate surface area is 176 Å². The number of halogens is 2. The fraction of sp³-hybridized carbons (Fsp3) is 0.300. The zero-order valence-corrected chi connectivity index (χ0v) is 17.4. The lowest BCUT2D eigenvalue weighted by Crippen LogP contribution is -2.40. The third-order valence-corrected chi connectivity index (χ3v) is 5.35. The first-order valence-corrected chi connectivity index (χ1v) is 10.1. The fourth-order valence-corrected chi connectivity index (χ4v) is 3.76. The lowest BCUT2D eigenvalue weighted by molar-refractivity contribution is 0.0737. The van der Waals surface area contributed by atoms with Crippen molar-refractivity contribution >= 4 is 27.8 Å². The Kier molecular flexibility index (Phi) is 5.57. The number of nitrogens with one attached hydrogen (secondary N) is 1. The smallest absolute Gasteiger partial charge is 0.275 e. The van der Waals surface area contributed by atoms with E-state index in [9.17, 15) is 9.18 Å². The zero-order valence-electron chi connectivity index (χ0n) is 15.8. The Hall–Kier alpha value is -2.81. The molecule has 3 aromatic rings. The quantitative estimate of drug-likeness (QED) is 0.632. The van der Waals surface area contributed by atoms with Crippen LogP contribution in [0.1, 0.15) is 23.3 Å². The number of amides is 1. The minimum atomic E-state index is -0.314. The molecule has 7 nitrogen and oxygen atoms in total. The topological polar surface area (TPSA) is 75.9 Å². The summed E-state index contributed by atoms with van der Waals surface area (Å²) in [5, 5.41) is 7.60. The van der Waals surface area contributed by atoms with Gasteiger partial charge < -0.3 is 10.2 Å². The van der Waals surface area contributed by atoms with Crippen LogP contribution < -0.4 is 5.32 Å². The van der Waals surface area contributed by atoms with Gasteiger partial charge in [-0.1, -0.05) is 12.1 Å². The van der Waals surface area contributed by atoms with Crippen molar-refractivity contribution in [2.24, 2.45) is 7.05 Å². The molecule has 0 radical (unpaired) electrons. The summed E-state index contributed by atoms with van der Waals surface area (Å²) >= 11 is 3.31. The third kappa shape index (κ3) is 4.29. The van der Waals surface area contributed by atoms with Crippen LogP contribution in [0.2, 0.25) is 0 Å². The second kappa shape index (κ2) is 8.28. The van der Waals surface area contributed by atoms with Crippen LogP contribution in [0, 0.1) is 5.82 Å². The van der Waals surface area contributed by atoms with Crippen LogP contribution in [0.25, 0.3) is 11.1 Å². The van der Waals surface area contributed by atoms with Gasteiger partial charge in [0.1, 0.15) is 5.82 Å². The molecule has 9 heteroatoms. The van der Waals surface area contributed by atoms with Crippen LogP contribution in [0.4, 0.5) is 10.3 Å². The number of aromatic nitrogens is 4. The largest absolute Gasteiger partial charge is 0.352 e. The Balaban J connectivity index is 1.52. The number of nitrogens with zero attached hydrogens (tertiary/aromatic N) is 5. The zero-order chi connectivity index (χ0) is 20.4. The lowest BCUT2D eigenvalue weighted by atomic mass is 10.1. The first kappa shape index (κ1) is 19.5. The number of hydrogen-bond donors (Lipinski definition) is 1. The van der Waals surface area contributed by atoms with Gasteiger partial charge in [0.2, 0.25) is 5.95 Å². The van der Waals surface area contributed by atoms with Crippen LogP contribution >= 0.6 is 15.9 Å². The highest BCUT2D eigenvalue weighted by molar-refractivity contribution is 9.10. The number of hydrogen-bond acceptors (Lipinski definition) is 5. The van der Waals surface area contributed by atoms with Gasteiger partial charge in [-0.05, 0) is 46.5 Å². The van der Waals surface area contributed by atoms with Gasteiger partial charge in [0, 0.05) is 50.3 Å². The molecule has 150 valence electrons. The molecule has 0 saturated carbocycles.